The zero-order valence-electron chi connectivity index (χ0n) is 18.8. The molecule has 3 heterocycles. The zero-order valence-corrected chi connectivity index (χ0v) is 18.8. The van der Waals surface area contributed by atoms with Gasteiger partial charge < -0.3 is 19.7 Å². The molecule has 1 N–H and O–H groups in total. The fraction of sp³-hybridized carbons (Fsp3) is 0.480. The molecule has 7 heteroatoms. The topological polar surface area (TPSA) is 66.3 Å². The molecule has 0 atom stereocenters. The van der Waals surface area contributed by atoms with Crippen LogP contribution < -0.4 is 10.2 Å². The Hall–Kier alpha value is -3.09. The Morgan fingerprint density at radius 1 is 0.969 bits per heavy atom. The van der Waals surface area contributed by atoms with Gasteiger partial charge in [-0.2, -0.15) is 4.98 Å². The van der Waals surface area contributed by atoms with Crippen molar-refractivity contribution in [2.24, 2.45) is 0 Å². The summed E-state index contributed by atoms with van der Waals surface area (Å²) in [6.45, 7) is 4.94. The van der Waals surface area contributed by atoms with E-state index in [0.29, 0.717) is 12.0 Å². The highest BCUT2D eigenvalue weighted by Crippen LogP contribution is 2.30. The first-order chi connectivity index (χ1) is 15.7. The van der Waals surface area contributed by atoms with Gasteiger partial charge in [-0.25, -0.2) is 4.98 Å². The Bertz CT molecular complexity index is 1060. The maximum atomic E-state index is 11.5. The summed E-state index contributed by atoms with van der Waals surface area (Å²) in [6, 6.07) is 11.1. The van der Waals surface area contributed by atoms with Crippen LogP contribution in [0.15, 0.2) is 42.7 Å². The summed E-state index contributed by atoms with van der Waals surface area (Å²) in [4.78, 5) is 25.2. The highest BCUT2D eigenvalue weighted by molar-refractivity contribution is 5.77. The third-order valence-electron chi connectivity index (χ3n) is 6.89. The summed E-state index contributed by atoms with van der Waals surface area (Å²) in [7, 11) is 0. The molecule has 1 saturated heterocycles. The molecule has 1 aliphatic heterocycles. The highest BCUT2D eigenvalue weighted by Gasteiger charge is 2.19. The number of carbonyl (C=O) groups excluding carboxylic acids is 1. The maximum Gasteiger partial charge on any atom is 0.229 e. The van der Waals surface area contributed by atoms with Crippen molar-refractivity contribution in [2.75, 3.05) is 36.4 Å². The molecular formula is C25H32N6O. The standard InChI is InChI=1S/C25H32N6O/c1-19(32)29-14-16-30(17-15-29)22-10-8-21(9-11-22)27-25-26-18-20-12-13-31(24(20)28-25)23-6-4-2-3-5-7-23/h8-13,18,23H,2-7,14-17H2,1H3,(H,26,27,28). The highest BCUT2D eigenvalue weighted by atomic mass is 16.2. The molecular weight excluding hydrogens is 400 g/mol. The molecule has 3 aromatic rings. The average Bonchev–Trinajstić information content (AvgIpc) is 3.04. The zero-order chi connectivity index (χ0) is 21.9. The quantitative estimate of drug-likeness (QED) is 0.603. The van der Waals surface area contributed by atoms with Gasteiger partial charge in [0.2, 0.25) is 11.9 Å². The monoisotopic (exact) mass is 432 g/mol. The van der Waals surface area contributed by atoms with Crippen molar-refractivity contribution in [1.29, 1.82) is 0 Å². The van der Waals surface area contributed by atoms with Crippen LogP contribution in [-0.2, 0) is 4.79 Å². The lowest BCUT2D eigenvalue weighted by molar-refractivity contribution is -0.129. The Kier molecular flexibility index (Phi) is 5.97. The van der Waals surface area contributed by atoms with Crippen LogP contribution in [0.1, 0.15) is 51.5 Å². The summed E-state index contributed by atoms with van der Waals surface area (Å²) >= 11 is 0. The van der Waals surface area contributed by atoms with E-state index in [9.17, 15) is 4.79 Å². The smallest absolute Gasteiger partial charge is 0.229 e. The number of benzene rings is 1. The largest absolute Gasteiger partial charge is 0.368 e. The lowest BCUT2D eigenvalue weighted by Crippen LogP contribution is -2.48. The first-order valence-electron chi connectivity index (χ1n) is 11.9. The normalized spacial score (nSPS) is 18.0. The predicted octanol–water partition coefficient (Wildman–Crippen LogP) is 4.74. The molecule has 0 unspecified atom stereocenters. The van der Waals surface area contributed by atoms with Gasteiger partial charge in [-0.3, -0.25) is 4.79 Å². The number of piperazine rings is 1. The van der Waals surface area contributed by atoms with Crippen LogP contribution in [-0.4, -0.2) is 51.5 Å². The molecule has 0 bridgehead atoms. The maximum absolute atomic E-state index is 11.5. The molecule has 2 aromatic heterocycles. The van der Waals surface area contributed by atoms with E-state index in [-0.39, 0.29) is 5.91 Å². The number of fused-ring (bicyclic) bond motifs is 1. The fourth-order valence-electron chi connectivity index (χ4n) is 4.99. The number of rotatable bonds is 4. The number of anilines is 3. The van der Waals surface area contributed by atoms with Gasteiger partial charge in [0.1, 0.15) is 5.65 Å². The van der Waals surface area contributed by atoms with Gasteiger partial charge in [0, 0.05) is 68.3 Å². The van der Waals surface area contributed by atoms with Gasteiger partial charge >= 0.3 is 0 Å². The van der Waals surface area contributed by atoms with E-state index >= 15 is 0 Å². The second-order valence-corrected chi connectivity index (χ2v) is 9.01. The Morgan fingerprint density at radius 3 is 2.38 bits per heavy atom. The summed E-state index contributed by atoms with van der Waals surface area (Å²) in [5.41, 5.74) is 3.18. The van der Waals surface area contributed by atoms with Gasteiger partial charge in [-0.1, -0.05) is 25.7 Å². The molecule has 5 rings (SSSR count). The summed E-state index contributed by atoms with van der Waals surface area (Å²) in [6.07, 6.45) is 11.9. The summed E-state index contributed by atoms with van der Waals surface area (Å²) in [5.74, 6) is 0.792. The molecule has 0 radical (unpaired) electrons. The third-order valence-corrected chi connectivity index (χ3v) is 6.89. The Morgan fingerprint density at radius 2 is 1.69 bits per heavy atom. The van der Waals surface area contributed by atoms with Crippen LogP contribution in [0.3, 0.4) is 0 Å². The van der Waals surface area contributed by atoms with Gasteiger partial charge in [-0.15, -0.1) is 0 Å². The van der Waals surface area contributed by atoms with Crippen LogP contribution in [0.25, 0.3) is 11.0 Å². The van der Waals surface area contributed by atoms with Crippen molar-refractivity contribution in [2.45, 2.75) is 51.5 Å². The minimum absolute atomic E-state index is 0.159. The van der Waals surface area contributed by atoms with Crippen molar-refractivity contribution in [3.63, 3.8) is 0 Å². The fourth-order valence-corrected chi connectivity index (χ4v) is 4.99. The number of amides is 1. The molecule has 2 aliphatic rings. The molecule has 1 saturated carbocycles. The van der Waals surface area contributed by atoms with Crippen LogP contribution in [0, 0.1) is 0 Å². The molecule has 168 valence electrons. The molecule has 0 spiro atoms. The number of nitrogens with one attached hydrogen (secondary N) is 1. The lowest BCUT2D eigenvalue weighted by Gasteiger charge is -2.35. The lowest BCUT2D eigenvalue weighted by atomic mass is 10.1. The van der Waals surface area contributed by atoms with E-state index in [0.717, 1.165) is 42.9 Å². The SMILES string of the molecule is CC(=O)N1CCN(c2ccc(Nc3ncc4ccn(C5CCCCCC5)c4n3)cc2)CC1. The minimum atomic E-state index is 0.159. The molecule has 2 fully saturated rings. The van der Waals surface area contributed by atoms with E-state index in [4.69, 9.17) is 4.98 Å². The van der Waals surface area contributed by atoms with Crippen molar-refractivity contribution >= 4 is 34.3 Å². The second-order valence-electron chi connectivity index (χ2n) is 9.01. The third kappa shape index (κ3) is 4.42. The minimum Gasteiger partial charge on any atom is -0.368 e. The number of hydrogen-bond acceptors (Lipinski definition) is 5. The van der Waals surface area contributed by atoms with E-state index in [1.807, 2.05) is 11.1 Å². The number of carbonyl (C=O) groups is 1. The van der Waals surface area contributed by atoms with Crippen LogP contribution in [0.4, 0.5) is 17.3 Å². The second kappa shape index (κ2) is 9.18. The van der Waals surface area contributed by atoms with Gasteiger partial charge in [0.25, 0.3) is 0 Å². The Balaban J connectivity index is 1.28. The van der Waals surface area contributed by atoms with Gasteiger partial charge in [-0.05, 0) is 43.2 Å². The van der Waals surface area contributed by atoms with E-state index in [1.54, 1.807) is 6.92 Å². The molecule has 1 amide bonds. The van der Waals surface area contributed by atoms with Crippen molar-refractivity contribution in [1.82, 2.24) is 19.4 Å². The van der Waals surface area contributed by atoms with Gasteiger partial charge in [0.05, 0.1) is 0 Å². The van der Waals surface area contributed by atoms with Crippen molar-refractivity contribution < 1.29 is 4.79 Å². The van der Waals surface area contributed by atoms with Gasteiger partial charge in [0.15, 0.2) is 0 Å². The van der Waals surface area contributed by atoms with E-state index in [1.165, 1.54) is 44.2 Å². The molecule has 32 heavy (non-hydrogen) atoms. The van der Waals surface area contributed by atoms with Crippen molar-refractivity contribution in [3.05, 3.63) is 42.7 Å². The number of aromatic nitrogens is 3. The van der Waals surface area contributed by atoms with Crippen LogP contribution >= 0.6 is 0 Å². The first kappa shape index (κ1) is 20.8. The molecule has 1 aromatic carbocycles. The summed E-state index contributed by atoms with van der Waals surface area (Å²) < 4.78 is 2.36. The van der Waals surface area contributed by atoms with Crippen LogP contribution in [0.2, 0.25) is 0 Å². The van der Waals surface area contributed by atoms with Crippen LogP contribution in [0.5, 0.6) is 0 Å². The Labute approximate surface area is 189 Å². The molecule has 7 nitrogen and oxygen atoms in total. The number of nitrogens with zero attached hydrogens (tertiary/aromatic N) is 5. The number of hydrogen-bond donors (Lipinski definition) is 1. The van der Waals surface area contributed by atoms with Crippen molar-refractivity contribution in [3.8, 4) is 0 Å². The van der Waals surface area contributed by atoms with E-state index in [2.05, 4.69) is 56.3 Å². The summed E-state index contributed by atoms with van der Waals surface area (Å²) in [5, 5.41) is 4.47. The van der Waals surface area contributed by atoms with E-state index < -0.39 is 0 Å². The first-order valence-corrected chi connectivity index (χ1v) is 11.9. The average molecular weight is 433 g/mol. The molecule has 1 aliphatic carbocycles. The predicted molar refractivity (Wildman–Crippen MR) is 128 cm³/mol.